The summed E-state index contributed by atoms with van der Waals surface area (Å²) in [5, 5.41) is 21.4. The van der Waals surface area contributed by atoms with E-state index in [0.29, 0.717) is 10.4 Å². The summed E-state index contributed by atoms with van der Waals surface area (Å²) in [5.74, 6) is -0.910. The van der Waals surface area contributed by atoms with Crippen LogP contribution in [-0.4, -0.2) is 11.1 Å². The van der Waals surface area contributed by atoms with E-state index in [1.54, 1.807) is 6.07 Å². The van der Waals surface area contributed by atoms with Gasteiger partial charge in [-0.2, -0.15) is 5.26 Å². The maximum absolute atomic E-state index is 11.3. The van der Waals surface area contributed by atoms with Crippen molar-refractivity contribution in [2.75, 3.05) is 0 Å². The molecule has 4 aromatic rings. The van der Waals surface area contributed by atoms with E-state index in [0.717, 1.165) is 32.0 Å². The Morgan fingerprint density at radius 2 is 1.75 bits per heavy atom. The number of benzene rings is 3. The molecule has 3 aromatic carbocycles. The predicted octanol–water partition coefficient (Wildman–Crippen LogP) is 5.29. The summed E-state index contributed by atoms with van der Waals surface area (Å²) in [6, 6.07) is 21.4. The van der Waals surface area contributed by atoms with E-state index in [-0.39, 0.29) is 0 Å². The maximum Gasteiger partial charge on any atom is 0.345 e. The highest BCUT2D eigenvalue weighted by Gasteiger charge is 2.14. The third kappa shape index (κ3) is 2.15. The van der Waals surface area contributed by atoms with Gasteiger partial charge in [-0.15, -0.1) is 11.3 Å². The molecule has 24 heavy (non-hydrogen) atoms. The van der Waals surface area contributed by atoms with Gasteiger partial charge in [0.1, 0.15) is 4.88 Å². The van der Waals surface area contributed by atoms with E-state index >= 15 is 0 Å². The van der Waals surface area contributed by atoms with Gasteiger partial charge >= 0.3 is 5.97 Å². The van der Waals surface area contributed by atoms with Crippen LogP contribution in [0.4, 0.5) is 0 Å². The number of carbonyl (C=O) groups is 1. The molecule has 0 bridgehead atoms. The Hall–Kier alpha value is -3.16. The fourth-order valence-corrected chi connectivity index (χ4v) is 4.04. The van der Waals surface area contributed by atoms with Gasteiger partial charge in [-0.1, -0.05) is 48.5 Å². The molecule has 0 unspecified atom stereocenters. The zero-order chi connectivity index (χ0) is 16.7. The SMILES string of the molecule is N#Cc1ccc(-c2cccc3cc(C(=O)O)sc23)c2ccccc12. The molecule has 1 aromatic heterocycles. The van der Waals surface area contributed by atoms with Crippen LogP contribution in [0.15, 0.2) is 60.7 Å². The van der Waals surface area contributed by atoms with E-state index < -0.39 is 5.97 Å². The smallest absolute Gasteiger partial charge is 0.345 e. The maximum atomic E-state index is 11.3. The molecule has 0 radical (unpaired) electrons. The van der Waals surface area contributed by atoms with Gasteiger partial charge in [0.05, 0.1) is 11.6 Å². The van der Waals surface area contributed by atoms with Crippen molar-refractivity contribution in [1.29, 1.82) is 5.26 Å². The Kier molecular flexibility index (Phi) is 3.30. The van der Waals surface area contributed by atoms with Gasteiger partial charge in [-0.3, -0.25) is 0 Å². The first-order valence-corrected chi connectivity index (χ1v) is 8.19. The number of nitriles is 1. The van der Waals surface area contributed by atoms with Crippen molar-refractivity contribution in [2.24, 2.45) is 0 Å². The molecular weight excluding hydrogens is 318 g/mol. The molecule has 3 nitrogen and oxygen atoms in total. The first kappa shape index (κ1) is 14.4. The van der Waals surface area contributed by atoms with Crippen LogP contribution in [0.25, 0.3) is 32.0 Å². The quantitative estimate of drug-likeness (QED) is 0.543. The summed E-state index contributed by atoms with van der Waals surface area (Å²) in [4.78, 5) is 11.6. The molecule has 0 atom stereocenters. The molecule has 1 N–H and O–H groups in total. The number of thiophene rings is 1. The number of carboxylic acid groups (broad SMARTS) is 1. The molecule has 0 spiro atoms. The summed E-state index contributed by atoms with van der Waals surface area (Å²) in [6.07, 6.45) is 0. The second kappa shape index (κ2) is 5.48. The van der Waals surface area contributed by atoms with E-state index in [1.807, 2.05) is 54.6 Å². The normalized spacial score (nSPS) is 10.8. The van der Waals surface area contributed by atoms with Gasteiger partial charge in [-0.25, -0.2) is 4.79 Å². The van der Waals surface area contributed by atoms with Gasteiger partial charge in [0.2, 0.25) is 0 Å². The number of hydrogen-bond acceptors (Lipinski definition) is 3. The molecule has 4 heteroatoms. The fourth-order valence-electron chi connectivity index (χ4n) is 3.01. The zero-order valence-electron chi connectivity index (χ0n) is 12.5. The lowest BCUT2D eigenvalue weighted by molar-refractivity contribution is 0.0702. The Balaban J connectivity index is 2.07. The van der Waals surface area contributed by atoms with Crippen LogP contribution >= 0.6 is 11.3 Å². The van der Waals surface area contributed by atoms with Crippen LogP contribution in [0.5, 0.6) is 0 Å². The van der Waals surface area contributed by atoms with E-state index in [2.05, 4.69) is 6.07 Å². The van der Waals surface area contributed by atoms with Crippen molar-refractivity contribution in [2.45, 2.75) is 0 Å². The summed E-state index contributed by atoms with van der Waals surface area (Å²) in [5.41, 5.74) is 2.64. The van der Waals surface area contributed by atoms with Crippen molar-refractivity contribution >= 4 is 38.2 Å². The number of aromatic carboxylic acids is 1. The van der Waals surface area contributed by atoms with Gasteiger partial charge in [0.15, 0.2) is 0 Å². The standard InChI is InChI=1S/C20H11NO2S/c21-11-13-8-9-16(15-6-2-1-5-14(13)15)17-7-3-4-12-10-18(20(22)23)24-19(12)17/h1-10H,(H,22,23). The molecule has 1 heterocycles. The lowest BCUT2D eigenvalue weighted by Gasteiger charge is -2.09. The van der Waals surface area contributed by atoms with Gasteiger partial charge in [0.25, 0.3) is 0 Å². The molecule has 0 saturated carbocycles. The Labute approximate surface area is 142 Å². The topological polar surface area (TPSA) is 61.1 Å². The first-order valence-electron chi connectivity index (χ1n) is 7.37. The number of rotatable bonds is 2. The van der Waals surface area contributed by atoms with Crippen LogP contribution in [0.3, 0.4) is 0 Å². The minimum Gasteiger partial charge on any atom is -0.477 e. The number of fused-ring (bicyclic) bond motifs is 2. The largest absolute Gasteiger partial charge is 0.477 e. The summed E-state index contributed by atoms with van der Waals surface area (Å²) in [6.45, 7) is 0. The Morgan fingerprint density at radius 1 is 0.958 bits per heavy atom. The fraction of sp³-hybridized carbons (Fsp3) is 0. The highest BCUT2D eigenvalue weighted by Crippen LogP contribution is 2.38. The van der Waals surface area contributed by atoms with Crippen molar-refractivity contribution in [3.05, 3.63) is 71.1 Å². The molecule has 0 fully saturated rings. The molecule has 0 saturated heterocycles. The number of carboxylic acids is 1. The highest BCUT2D eigenvalue weighted by molar-refractivity contribution is 7.21. The second-order valence-electron chi connectivity index (χ2n) is 5.46. The van der Waals surface area contributed by atoms with Crippen LogP contribution in [0, 0.1) is 11.3 Å². The van der Waals surface area contributed by atoms with Crippen molar-refractivity contribution in [3.8, 4) is 17.2 Å². The number of hydrogen-bond donors (Lipinski definition) is 1. The minimum atomic E-state index is -0.910. The molecule has 0 amide bonds. The highest BCUT2D eigenvalue weighted by atomic mass is 32.1. The second-order valence-corrected chi connectivity index (χ2v) is 6.51. The van der Waals surface area contributed by atoms with Crippen LogP contribution in [0.2, 0.25) is 0 Å². The van der Waals surface area contributed by atoms with Gasteiger partial charge in [0, 0.05) is 15.6 Å². The Morgan fingerprint density at radius 3 is 2.50 bits per heavy atom. The van der Waals surface area contributed by atoms with E-state index in [9.17, 15) is 15.2 Å². The lowest BCUT2D eigenvalue weighted by Crippen LogP contribution is -1.89. The summed E-state index contributed by atoms with van der Waals surface area (Å²) < 4.78 is 0.949. The van der Waals surface area contributed by atoms with Crippen LogP contribution in [-0.2, 0) is 0 Å². The number of nitrogens with zero attached hydrogens (tertiary/aromatic N) is 1. The molecule has 0 aliphatic carbocycles. The van der Waals surface area contributed by atoms with E-state index in [1.165, 1.54) is 11.3 Å². The average molecular weight is 329 g/mol. The molecule has 114 valence electrons. The minimum absolute atomic E-state index is 0.329. The predicted molar refractivity (Wildman–Crippen MR) is 96.4 cm³/mol. The lowest BCUT2D eigenvalue weighted by atomic mass is 9.95. The van der Waals surface area contributed by atoms with Crippen molar-refractivity contribution in [3.63, 3.8) is 0 Å². The molecular formula is C20H11NO2S. The van der Waals surface area contributed by atoms with Crippen LogP contribution < -0.4 is 0 Å². The zero-order valence-corrected chi connectivity index (χ0v) is 13.3. The van der Waals surface area contributed by atoms with Gasteiger partial charge in [-0.05, 0) is 28.5 Å². The molecule has 0 aliphatic heterocycles. The van der Waals surface area contributed by atoms with Crippen molar-refractivity contribution in [1.82, 2.24) is 0 Å². The van der Waals surface area contributed by atoms with E-state index in [4.69, 9.17) is 0 Å². The van der Waals surface area contributed by atoms with Gasteiger partial charge < -0.3 is 5.11 Å². The third-order valence-electron chi connectivity index (χ3n) is 4.09. The molecule has 0 aliphatic rings. The van der Waals surface area contributed by atoms with Crippen molar-refractivity contribution < 1.29 is 9.90 Å². The molecule has 4 rings (SSSR count). The summed E-state index contributed by atoms with van der Waals surface area (Å²) >= 11 is 1.28. The Bertz CT molecular complexity index is 1150. The van der Waals surface area contributed by atoms with Crippen LogP contribution in [0.1, 0.15) is 15.2 Å². The summed E-state index contributed by atoms with van der Waals surface area (Å²) in [7, 11) is 0. The monoisotopic (exact) mass is 329 g/mol. The third-order valence-corrected chi connectivity index (χ3v) is 5.26. The average Bonchev–Trinajstić information content (AvgIpc) is 3.05. The first-order chi connectivity index (χ1) is 11.7.